The van der Waals surface area contributed by atoms with E-state index in [1.807, 2.05) is 19.9 Å². The Labute approximate surface area is 162 Å². The lowest BCUT2D eigenvalue weighted by atomic mass is 10.0. The highest BCUT2D eigenvalue weighted by atomic mass is 35.5. The normalized spacial score (nSPS) is 12.4. The molecule has 0 saturated carbocycles. The number of amides is 1. The van der Waals surface area contributed by atoms with Crippen LogP contribution in [0.2, 0.25) is 5.15 Å². The first-order chi connectivity index (χ1) is 12.9. The molecule has 0 aliphatic carbocycles. The predicted octanol–water partition coefficient (Wildman–Crippen LogP) is 3.37. The highest BCUT2D eigenvalue weighted by Crippen LogP contribution is 2.33. The summed E-state index contributed by atoms with van der Waals surface area (Å²) in [7, 11) is 1.57. The molecule has 1 aromatic carbocycles. The number of carbonyl (C=O) groups is 1. The van der Waals surface area contributed by atoms with Crippen LogP contribution in [0.15, 0.2) is 36.5 Å². The number of imidazole rings is 1. The molecule has 7 nitrogen and oxygen atoms in total. The van der Waals surface area contributed by atoms with E-state index in [2.05, 4.69) is 15.4 Å². The van der Waals surface area contributed by atoms with Crippen LogP contribution < -0.4 is 15.8 Å². The van der Waals surface area contributed by atoms with Crippen molar-refractivity contribution in [3.63, 3.8) is 0 Å². The molecule has 0 fully saturated rings. The number of fused-ring (bicyclic) bond motifs is 1. The lowest BCUT2D eigenvalue weighted by molar-refractivity contribution is -0.117. The minimum atomic E-state index is -0.555. The molecule has 3 aromatic rings. The number of nitrogens with zero attached hydrogens (tertiary/aromatic N) is 3. The summed E-state index contributed by atoms with van der Waals surface area (Å²) >= 11 is 6.01. The summed E-state index contributed by atoms with van der Waals surface area (Å²) in [4.78, 5) is 16.6. The van der Waals surface area contributed by atoms with Crippen molar-refractivity contribution in [1.82, 2.24) is 14.6 Å². The Morgan fingerprint density at radius 2 is 2.11 bits per heavy atom. The second kappa shape index (κ2) is 7.94. The number of methoxy groups -OCH3 is 1. The van der Waals surface area contributed by atoms with Gasteiger partial charge in [0.1, 0.15) is 10.9 Å². The van der Waals surface area contributed by atoms with Crippen LogP contribution in [-0.4, -0.2) is 33.7 Å². The average molecular weight is 388 g/mol. The summed E-state index contributed by atoms with van der Waals surface area (Å²) in [5.41, 5.74) is 8.75. The number of aromatic nitrogens is 3. The maximum absolute atomic E-state index is 12.3. The second-order valence-corrected chi connectivity index (χ2v) is 7.10. The van der Waals surface area contributed by atoms with Gasteiger partial charge in [0.15, 0.2) is 5.65 Å². The van der Waals surface area contributed by atoms with E-state index >= 15 is 0 Å². The van der Waals surface area contributed by atoms with E-state index in [1.54, 1.807) is 42.1 Å². The highest BCUT2D eigenvalue weighted by molar-refractivity contribution is 6.29. The first-order valence-electron chi connectivity index (χ1n) is 8.64. The first-order valence-corrected chi connectivity index (χ1v) is 9.02. The van der Waals surface area contributed by atoms with Crippen LogP contribution in [0.3, 0.4) is 0 Å². The van der Waals surface area contributed by atoms with Crippen molar-refractivity contribution in [1.29, 1.82) is 0 Å². The monoisotopic (exact) mass is 387 g/mol. The number of ether oxygens (including phenoxy) is 1. The van der Waals surface area contributed by atoms with Crippen LogP contribution in [0.1, 0.15) is 20.3 Å². The molecular formula is C19H22ClN5O2. The van der Waals surface area contributed by atoms with Gasteiger partial charge in [-0.3, -0.25) is 4.79 Å². The summed E-state index contributed by atoms with van der Waals surface area (Å²) in [5, 5.41) is 7.49. The number of carbonyl (C=O) groups excluding carboxylic acids is 1. The first kappa shape index (κ1) is 19.1. The fourth-order valence-corrected chi connectivity index (χ4v) is 3.00. The molecule has 0 unspecified atom stereocenters. The molecule has 0 aliphatic rings. The van der Waals surface area contributed by atoms with Gasteiger partial charge in [-0.05, 0) is 36.6 Å². The van der Waals surface area contributed by atoms with Gasteiger partial charge < -0.3 is 15.8 Å². The number of hydrogen-bond acceptors (Lipinski definition) is 5. The number of benzene rings is 1. The van der Waals surface area contributed by atoms with E-state index in [0.29, 0.717) is 34.6 Å². The Hall–Kier alpha value is -2.64. The lowest BCUT2D eigenvalue weighted by Gasteiger charge is -2.15. The van der Waals surface area contributed by atoms with Gasteiger partial charge in [0, 0.05) is 17.3 Å². The Bertz CT molecular complexity index is 970. The van der Waals surface area contributed by atoms with Gasteiger partial charge in [-0.1, -0.05) is 25.4 Å². The Kier molecular flexibility index (Phi) is 5.62. The molecule has 2 heterocycles. The maximum Gasteiger partial charge on any atom is 0.241 e. The molecule has 0 spiro atoms. The molecule has 1 atom stereocenters. The second-order valence-electron chi connectivity index (χ2n) is 6.71. The quantitative estimate of drug-likeness (QED) is 0.676. The molecule has 2 aromatic heterocycles. The standard InChI is InChI=1S/C19H22ClN5O2/c1-11(2)8-14(21)19(26)23-12-4-5-13(16(9-12)27-3)15-10-22-18-7-6-17(20)24-25(15)18/h4-7,9-11,14H,8,21H2,1-3H3,(H,23,26)/t14-/m1/s1. The van der Waals surface area contributed by atoms with Crippen molar-refractivity contribution in [2.45, 2.75) is 26.3 Å². The average Bonchev–Trinajstić information content (AvgIpc) is 3.03. The van der Waals surface area contributed by atoms with E-state index in [1.165, 1.54) is 0 Å². The number of anilines is 1. The van der Waals surface area contributed by atoms with Crippen molar-refractivity contribution in [2.24, 2.45) is 11.7 Å². The molecule has 0 saturated heterocycles. The van der Waals surface area contributed by atoms with Gasteiger partial charge in [-0.2, -0.15) is 5.10 Å². The molecule has 27 heavy (non-hydrogen) atoms. The number of halogens is 1. The smallest absolute Gasteiger partial charge is 0.241 e. The number of nitrogens with two attached hydrogens (primary N) is 1. The van der Waals surface area contributed by atoms with E-state index in [0.717, 1.165) is 11.3 Å². The molecule has 0 aliphatic heterocycles. The third-order valence-electron chi connectivity index (χ3n) is 4.14. The third kappa shape index (κ3) is 4.20. The third-order valence-corrected chi connectivity index (χ3v) is 4.34. The van der Waals surface area contributed by atoms with Crippen LogP contribution in [0.5, 0.6) is 5.75 Å². The largest absolute Gasteiger partial charge is 0.496 e. The van der Waals surface area contributed by atoms with Crippen molar-refractivity contribution >= 4 is 28.8 Å². The fourth-order valence-electron chi connectivity index (χ4n) is 2.87. The van der Waals surface area contributed by atoms with Gasteiger partial charge in [0.25, 0.3) is 0 Å². The van der Waals surface area contributed by atoms with Crippen molar-refractivity contribution in [2.75, 3.05) is 12.4 Å². The fraction of sp³-hybridized carbons (Fsp3) is 0.316. The number of hydrogen-bond donors (Lipinski definition) is 2. The van der Waals surface area contributed by atoms with Gasteiger partial charge >= 0.3 is 0 Å². The highest BCUT2D eigenvalue weighted by Gasteiger charge is 2.17. The summed E-state index contributed by atoms with van der Waals surface area (Å²) in [5.74, 6) is 0.702. The van der Waals surface area contributed by atoms with E-state index in [4.69, 9.17) is 22.1 Å². The van der Waals surface area contributed by atoms with Gasteiger partial charge in [-0.15, -0.1) is 0 Å². The predicted molar refractivity (Wildman–Crippen MR) is 106 cm³/mol. The minimum Gasteiger partial charge on any atom is -0.496 e. The van der Waals surface area contributed by atoms with Crippen LogP contribution in [0.25, 0.3) is 16.9 Å². The van der Waals surface area contributed by atoms with Crippen molar-refractivity contribution in [3.05, 3.63) is 41.7 Å². The van der Waals surface area contributed by atoms with Gasteiger partial charge in [-0.25, -0.2) is 9.50 Å². The Morgan fingerprint density at radius 1 is 1.33 bits per heavy atom. The van der Waals surface area contributed by atoms with Gasteiger partial charge in [0.2, 0.25) is 5.91 Å². The lowest BCUT2D eigenvalue weighted by Crippen LogP contribution is -2.36. The number of rotatable bonds is 6. The molecule has 8 heteroatoms. The van der Waals surface area contributed by atoms with Crippen molar-refractivity contribution < 1.29 is 9.53 Å². The van der Waals surface area contributed by atoms with Crippen LogP contribution in [0.4, 0.5) is 5.69 Å². The molecule has 142 valence electrons. The molecule has 3 rings (SSSR count). The summed E-state index contributed by atoms with van der Waals surface area (Å²) in [6, 6.07) is 8.30. The topological polar surface area (TPSA) is 94.5 Å². The maximum atomic E-state index is 12.3. The molecular weight excluding hydrogens is 366 g/mol. The van der Waals surface area contributed by atoms with Crippen LogP contribution in [0, 0.1) is 5.92 Å². The zero-order chi connectivity index (χ0) is 19.6. The molecule has 0 radical (unpaired) electrons. The van der Waals surface area contributed by atoms with Crippen LogP contribution >= 0.6 is 11.6 Å². The number of nitrogens with one attached hydrogen (secondary N) is 1. The van der Waals surface area contributed by atoms with E-state index in [-0.39, 0.29) is 5.91 Å². The van der Waals surface area contributed by atoms with Crippen molar-refractivity contribution in [3.8, 4) is 17.0 Å². The summed E-state index contributed by atoms with van der Waals surface area (Å²) in [6.07, 6.45) is 2.32. The zero-order valence-electron chi connectivity index (χ0n) is 15.4. The summed E-state index contributed by atoms with van der Waals surface area (Å²) < 4.78 is 7.16. The molecule has 0 bridgehead atoms. The van der Waals surface area contributed by atoms with E-state index in [9.17, 15) is 4.79 Å². The minimum absolute atomic E-state index is 0.221. The van der Waals surface area contributed by atoms with Gasteiger partial charge in [0.05, 0.1) is 25.0 Å². The SMILES string of the molecule is COc1cc(NC(=O)[C@H](N)CC(C)C)ccc1-c1cnc2ccc(Cl)nn12. The Morgan fingerprint density at radius 3 is 2.81 bits per heavy atom. The van der Waals surface area contributed by atoms with E-state index < -0.39 is 6.04 Å². The summed E-state index contributed by atoms with van der Waals surface area (Å²) in [6.45, 7) is 4.06. The Balaban J connectivity index is 1.90. The molecule has 3 N–H and O–H groups in total. The molecule has 1 amide bonds. The zero-order valence-corrected chi connectivity index (χ0v) is 16.2. The van der Waals surface area contributed by atoms with Crippen LogP contribution in [-0.2, 0) is 4.79 Å².